The van der Waals surface area contributed by atoms with Crippen molar-refractivity contribution in [1.29, 1.82) is 0 Å². The van der Waals surface area contributed by atoms with E-state index in [1.165, 1.54) is 16.5 Å². The fourth-order valence-corrected chi connectivity index (χ4v) is 4.43. The number of aromatic nitrogens is 1. The number of hydrogen-bond donors (Lipinski definition) is 0. The van der Waals surface area contributed by atoms with Gasteiger partial charge in [0.05, 0.1) is 23.7 Å². The van der Waals surface area contributed by atoms with Crippen LogP contribution >= 0.6 is 0 Å². The molecule has 4 heteroatoms. The number of rotatable bonds is 1. The summed E-state index contributed by atoms with van der Waals surface area (Å²) in [4.78, 5) is 15.9. The van der Waals surface area contributed by atoms with Crippen molar-refractivity contribution in [2.75, 3.05) is 20.2 Å². The Morgan fingerprint density at radius 3 is 2.73 bits per heavy atom. The Hall–Kier alpha value is -2.43. The van der Waals surface area contributed by atoms with E-state index < -0.39 is 0 Å². The minimum atomic E-state index is -0.270. The van der Waals surface area contributed by atoms with Crippen LogP contribution in [0, 0.1) is 6.92 Å². The second kappa shape index (κ2) is 5.79. The molecule has 0 amide bonds. The van der Waals surface area contributed by atoms with Crippen molar-refractivity contribution in [3.8, 4) is 0 Å². The number of carbonyl (C=O) groups is 1. The van der Waals surface area contributed by atoms with E-state index in [1.807, 2.05) is 34.9 Å². The first-order valence-corrected chi connectivity index (χ1v) is 9.16. The molecule has 3 heterocycles. The number of benzene rings is 2. The maximum absolute atomic E-state index is 13.6. The van der Waals surface area contributed by atoms with Crippen LogP contribution in [-0.4, -0.2) is 35.6 Å². The SMILES string of the molecule is Cc1ccc2c(c1)c1c3n2C(=O)C(c2ccccc2)COC3CN(C)C1. The van der Waals surface area contributed by atoms with Crippen LogP contribution in [0.3, 0.4) is 0 Å². The molecule has 0 aliphatic carbocycles. The minimum Gasteiger partial charge on any atom is -0.369 e. The first-order valence-electron chi connectivity index (χ1n) is 9.16. The first-order chi connectivity index (χ1) is 12.6. The van der Waals surface area contributed by atoms with E-state index in [9.17, 15) is 4.79 Å². The van der Waals surface area contributed by atoms with Gasteiger partial charge in [-0.15, -0.1) is 0 Å². The molecule has 0 radical (unpaired) electrons. The molecule has 2 unspecified atom stereocenters. The van der Waals surface area contributed by atoms with E-state index >= 15 is 0 Å². The summed E-state index contributed by atoms with van der Waals surface area (Å²) in [5, 5.41) is 1.18. The molecule has 0 saturated carbocycles. The van der Waals surface area contributed by atoms with E-state index in [2.05, 4.69) is 37.1 Å². The summed E-state index contributed by atoms with van der Waals surface area (Å²) >= 11 is 0. The van der Waals surface area contributed by atoms with E-state index in [4.69, 9.17) is 4.74 Å². The Morgan fingerprint density at radius 1 is 1.12 bits per heavy atom. The van der Waals surface area contributed by atoms with E-state index in [0.29, 0.717) is 6.61 Å². The fraction of sp³-hybridized carbons (Fsp3) is 0.318. The fourth-order valence-electron chi connectivity index (χ4n) is 4.43. The smallest absolute Gasteiger partial charge is 0.241 e. The molecule has 0 fully saturated rings. The van der Waals surface area contributed by atoms with Crippen LogP contribution < -0.4 is 0 Å². The van der Waals surface area contributed by atoms with Crippen molar-refractivity contribution < 1.29 is 9.53 Å². The highest BCUT2D eigenvalue weighted by atomic mass is 16.5. The summed E-state index contributed by atoms with van der Waals surface area (Å²) in [5.41, 5.74) is 5.55. The number of carbonyl (C=O) groups excluding carboxylic acids is 1. The minimum absolute atomic E-state index is 0.0610. The van der Waals surface area contributed by atoms with Crippen LogP contribution in [0.15, 0.2) is 48.5 Å². The zero-order valence-electron chi connectivity index (χ0n) is 15.1. The van der Waals surface area contributed by atoms with Crippen molar-refractivity contribution in [1.82, 2.24) is 9.47 Å². The Balaban J connectivity index is 1.77. The van der Waals surface area contributed by atoms with E-state index in [0.717, 1.165) is 29.9 Å². The van der Waals surface area contributed by atoms with Gasteiger partial charge in [-0.05, 0) is 37.2 Å². The molecule has 5 rings (SSSR count). The molecule has 0 saturated heterocycles. The largest absolute Gasteiger partial charge is 0.369 e. The zero-order chi connectivity index (χ0) is 17.8. The average molecular weight is 346 g/mol. The summed E-state index contributed by atoms with van der Waals surface area (Å²) in [6.07, 6.45) is -0.0610. The van der Waals surface area contributed by atoms with Gasteiger partial charge in [-0.25, -0.2) is 0 Å². The second-order valence-electron chi connectivity index (χ2n) is 7.54. The lowest BCUT2D eigenvalue weighted by Crippen LogP contribution is -2.32. The molecule has 0 bridgehead atoms. The number of hydrogen-bond acceptors (Lipinski definition) is 3. The number of aryl methyl sites for hydroxylation is 1. The summed E-state index contributed by atoms with van der Waals surface area (Å²) < 4.78 is 8.25. The van der Waals surface area contributed by atoms with Gasteiger partial charge in [-0.1, -0.05) is 42.0 Å². The molecule has 2 aliphatic rings. The molecule has 0 spiro atoms. The Labute approximate surface area is 153 Å². The summed E-state index contributed by atoms with van der Waals surface area (Å²) in [6, 6.07) is 16.4. The van der Waals surface area contributed by atoms with Gasteiger partial charge in [0, 0.05) is 18.5 Å². The molecule has 0 N–H and O–H groups in total. The summed E-state index contributed by atoms with van der Waals surface area (Å²) in [6.45, 7) is 4.20. The molecule has 4 nitrogen and oxygen atoms in total. The van der Waals surface area contributed by atoms with Crippen molar-refractivity contribution >= 4 is 16.8 Å². The lowest BCUT2D eigenvalue weighted by Gasteiger charge is -2.30. The number of ether oxygens (including phenoxy) is 1. The first kappa shape index (κ1) is 15.8. The molecule has 1 aromatic heterocycles. The van der Waals surface area contributed by atoms with Crippen molar-refractivity contribution in [2.24, 2.45) is 0 Å². The quantitative estimate of drug-likeness (QED) is 0.670. The van der Waals surface area contributed by atoms with E-state index in [1.54, 1.807) is 0 Å². The monoisotopic (exact) mass is 346 g/mol. The number of fused-ring (bicyclic) bond motifs is 3. The van der Waals surface area contributed by atoms with Crippen LogP contribution in [0.1, 0.15) is 39.2 Å². The van der Waals surface area contributed by atoms with Crippen molar-refractivity contribution in [3.63, 3.8) is 0 Å². The Morgan fingerprint density at radius 2 is 1.92 bits per heavy atom. The Bertz CT molecular complexity index is 1010. The van der Waals surface area contributed by atoms with Crippen LogP contribution in [0.4, 0.5) is 0 Å². The van der Waals surface area contributed by atoms with E-state index in [-0.39, 0.29) is 17.9 Å². The van der Waals surface area contributed by atoms with Gasteiger partial charge >= 0.3 is 0 Å². The van der Waals surface area contributed by atoms with Gasteiger partial charge in [-0.2, -0.15) is 0 Å². The molecule has 26 heavy (non-hydrogen) atoms. The molecule has 3 aromatic rings. The highest BCUT2D eigenvalue weighted by Gasteiger charge is 2.38. The highest BCUT2D eigenvalue weighted by molar-refractivity contribution is 5.99. The summed E-state index contributed by atoms with van der Waals surface area (Å²) in [7, 11) is 2.12. The van der Waals surface area contributed by atoms with Gasteiger partial charge < -0.3 is 4.74 Å². The van der Waals surface area contributed by atoms with Gasteiger partial charge in [0.2, 0.25) is 5.91 Å². The van der Waals surface area contributed by atoms with Crippen molar-refractivity contribution in [3.05, 3.63) is 70.9 Å². The lowest BCUT2D eigenvalue weighted by atomic mass is 9.99. The van der Waals surface area contributed by atoms with Crippen LogP contribution in [0.2, 0.25) is 0 Å². The highest BCUT2D eigenvalue weighted by Crippen LogP contribution is 2.40. The van der Waals surface area contributed by atoms with Crippen LogP contribution in [0.5, 0.6) is 0 Å². The van der Waals surface area contributed by atoms with Crippen molar-refractivity contribution in [2.45, 2.75) is 25.5 Å². The predicted octanol–water partition coefficient (Wildman–Crippen LogP) is 3.89. The topological polar surface area (TPSA) is 34.5 Å². The maximum atomic E-state index is 13.6. The third-order valence-corrected chi connectivity index (χ3v) is 5.66. The molecule has 2 aliphatic heterocycles. The third-order valence-electron chi connectivity index (χ3n) is 5.66. The maximum Gasteiger partial charge on any atom is 0.241 e. The Kier molecular flexibility index (Phi) is 3.52. The second-order valence-corrected chi connectivity index (χ2v) is 7.54. The van der Waals surface area contributed by atoms with Crippen LogP contribution in [0.25, 0.3) is 10.9 Å². The standard InChI is InChI=1S/C22H22N2O2/c1-14-8-9-19-16(10-14)17-11-23(2)12-20-21(17)24(19)22(25)18(13-26-20)15-6-4-3-5-7-15/h3-10,18,20H,11-13H2,1-2H3. The lowest BCUT2D eigenvalue weighted by molar-refractivity contribution is 0.0173. The molecule has 2 aromatic carbocycles. The van der Waals surface area contributed by atoms with Gasteiger partial charge in [0.25, 0.3) is 0 Å². The summed E-state index contributed by atoms with van der Waals surface area (Å²) in [5.74, 6) is -0.147. The molecule has 132 valence electrons. The predicted molar refractivity (Wildman–Crippen MR) is 102 cm³/mol. The normalized spacial score (nSPS) is 23.1. The molecular weight excluding hydrogens is 324 g/mol. The zero-order valence-corrected chi connectivity index (χ0v) is 15.1. The number of nitrogens with zero attached hydrogens (tertiary/aromatic N) is 2. The van der Waals surface area contributed by atoms with Gasteiger partial charge in [0.1, 0.15) is 6.10 Å². The van der Waals surface area contributed by atoms with Gasteiger partial charge in [0.15, 0.2) is 0 Å². The van der Waals surface area contributed by atoms with Crippen LogP contribution in [-0.2, 0) is 11.3 Å². The third kappa shape index (κ3) is 2.26. The van der Waals surface area contributed by atoms with Gasteiger partial charge in [-0.3, -0.25) is 14.3 Å². The number of likely N-dealkylation sites (N-methyl/N-ethyl adjacent to an activating group) is 1. The molecule has 2 atom stereocenters. The average Bonchev–Trinajstić information content (AvgIpc) is 2.87. The molecular formula is C22H22N2O2.